The Morgan fingerprint density at radius 2 is 1.90 bits per heavy atom. The molecule has 1 fully saturated rings. The first-order valence-electron chi connectivity index (χ1n) is 10.2. The van der Waals surface area contributed by atoms with Crippen molar-refractivity contribution in [3.05, 3.63) is 59.7 Å². The van der Waals surface area contributed by atoms with Gasteiger partial charge in [-0.15, -0.1) is 0 Å². The maximum absolute atomic E-state index is 11.8. The van der Waals surface area contributed by atoms with Crippen molar-refractivity contribution in [3.63, 3.8) is 0 Å². The largest absolute Gasteiger partial charge is 0.492 e. The molecule has 2 aliphatic rings. The number of ether oxygens (including phenoxy) is 1. The van der Waals surface area contributed by atoms with Crippen LogP contribution in [-0.2, 0) is 16.4 Å². The lowest BCUT2D eigenvalue weighted by atomic mass is 9.83. The van der Waals surface area contributed by atoms with Crippen LogP contribution >= 0.6 is 0 Å². The minimum Gasteiger partial charge on any atom is -0.492 e. The standard InChI is InChI=1S/C22H29N3O3S/c1-3-29(26,27)24-17-13-25(14-17)18-9-10-22-20(12-18)19(21(23-2)15-28-22)11-16-7-5-4-6-8-16/h4-10,12,17,19,21,23-24H,3,11,13-15H2,1-2H3/t19-,21+/m1/s1. The second-order valence-corrected chi connectivity index (χ2v) is 9.89. The van der Waals surface area contributed by atoms with Crippen molar-refractivity contribution < 1.29 is 13.2 Å². The number of likely N-dealkylation sites (N-methyl/N-ethyl adjacent to an activating group) is 1. The summed E-state index contributed by atoms with van der Waals surface area (Å²) in [5.41, 5.74) is 3.65. The highest BCUT2D eigenvalue weighted by Gasteiger charge is 2.33. The van der Waals surface area contributed by atoms with Gasteiger partial charge in [-0.05, 0) is 44.2 Å². The number of fused-ring (bicyclic) bond motifs is 1. The molecule has 0 bridgehead atoms. The van der Waals surface area contributed by atoms with Gasteiger partial charge in [0.2, 0.25) is 10.0 Å². The summed E-state index contributed by atoms with van der Waals surface area (Å²) in [5, 5.41) is 3.42. The van der Waals surface area contributed by atoms with Crippen LogP contribution in [0.2, 0.25) is 0 Å². The second-order valence-electron chi connectivity index (χ2n) is 7.85. The van der Waals surface area contributed by atoms with Crippen LogP contribution in [0.3, 0.4) is 0 Å². The molecule has 1 saturated heterocycles. The van der Waals surface area contributed by atoms with Gasteiger partial charge >= 0.3 is 0 Å². The zero-order valence-electron chi connectivity index (χ0n) is 17.0. The normalized spacial score (nSPS) is 21.9. The van der Waals surface area contributed by atoms with E-state index in [0.29, 0.717) is 25.6 Å². The average Bonchev–Trinajstić information content (AvgIpc) is 2.71. The summed E-state index contributed by atoms with van der Waals surface area (Å²) in [6.07, 6.45) is 0.949. The van der Waals surface area contributed by atoms with E-state index >= 15 is 0 Å². The lowest BCUT2D eigenvalue weighted by Gasteiger charge is -2.42. The predicted octanol–water partition coefficient (Wildman–Crippen LogP) is 2.12. The number of hydrogen-bond acceptors (Lipinski definition) is 5. The van der Waals surface area contributed by atoms with Crippen LogP contribution in [-0.4, -0.2) is 53.0 Å². The van der Waals surface area contributed by atoms with Gasteiger partial charge < -0.3 is 15.0 Å². The van der Waals surface area contributed by atoms with Crippen LogP contribution in [0.5, 0.6) is 5.75 Å². The molecule has 2 atom stereocenters. The van der Waals surface area contributed by atoms with Crippen LogP contribution in [0.1, 0.15) is 24.0 Å². The number of rotatable bonds is 7. The molecule has 2 N–H and O–H groups in total. The zero-order valence-corrected chi connectivity index (χ0v) is 17.8. The van der Waals surface area contributed by atoms with E-state index in [9.17, 15) is 8.42 Å². The molecule has 4 rings (SSSR count). The summed E-state index contributed by atoms with van der Waals surface area (Å²) in [4.78, 5) is 2.21. The number of benzene rings is 2. The first kappa shape index (κ1) is 20.2. The van der Waals surface area contributed by atoms with Crippen molar-refractivity contribution in [2.75, 3.05) is 37.4 Å². The van der Waals surface area contributed by atoms with Crippen LogP contribution in [0.15, 0.2) is 48.5 Å². The molecule has 0 saturated carbocycles. The Morgan fingerprint density at radius 1 is 1.14 bits per heavy atom. The number of anilines is 1. The molecule has 7 heteroatoms. The van der Waals surface area contributed by atoms with Crippen molar-refractivity contribution in [3.8, 4) is 5.75 Å². The molecule has 29 heavy (non-hydrogen) atoms. The maximum Gasteiger partial charge on any atom is 0.211 e. The Hall–Kier alpha value is -2.09. The lowest BCUT2D eigenvalue weighted by molar-refractivity contribution is 0.219. The van der Waals surface area contributed by atoms with Gasteiger partial charge in [-0.2, -0.15) is 0 Å². The van der Waals surface area contributed by atoms with E-state index in [2.05, 4.69) is 57.4 Å². The summed E-state index contributed by atoms with van der Waals surface area (Å²) in [5.74, 6) is 1.39. The molecule has 6 nitrogen and oxygen atoms in total. The SMILES string of the molecule is CCS(=O)(=O)NC1CN(c2ccc3c(c2)[C@@H](Cc2ccccc2)[C@@H](NC)CO3)C1. The van der Waals surface area contributed by atoms with Crippen LogP contribution in [0, 0.1) is 0 Å². The monoisotopic (exact) mass is 415 g/mol. The predicted molar refractivity (Wildman–Crippen MR) is 116 cm³/mol. The van der Waals surface area contributed by atoms with E-state index in [0.717, 1.165) is 17.9 Å². The molecule has 2 aliphatic heterocycles. The molecule has 0 aliphatic carbocycles. The Kier molecular flexibility index (Phi) is 5.81. The fraction of sp³-hybridized carbons (Fsp3) is 0.455. The minimum absolute atomic E-state index is 0.0163. The Bertz CT molecular complexity index is 943. The second kappa shape index (κ2) is 8.34. The first-order chi connectivity index (χ1) is 14.0. The Balaban J connectivity index is 1.53. The fourth-order valence-electron chi connectivity index (χ4n) is 4.17. The third-order valence-corrected chi connectivity index (χ3v) is 7.39. The van der Waals surface area contributed by atoms with Crippen LogP contribution in [0.25, 0.3) is 0 Å². The number of sulfonamides is 1. The van der Waals surface area contributed by atoms with Gasteiger partial charge in [-0.1, -0.05) is 30.3 Å². The molecule has 2 aromatic carbocycles. The number of hydrogen-bond donors (Lipinski definition) is 2. The molecule has 2 aromatic rings. The highest BCUT2D eigenvalue weighted by molar-refractivity contribution is 7.89. The molecule has 0 unspecified atom stereocenters. The van der Waals surface area contributed by atoms with Gasteiger partial charge in [0.25, 0.3) is 0 Å². The lowest BCUT2D eigenvalue weighted by Crippen LogP contribution is -2.59. The van der Waals surface area contributed by atoms with Crippen molar-refractivity contribution in [2.24, 2.45) is 0 Å². The third-order valence-electron chi connectivity index (χ3n) is 5.94. The summed E-state index contributed by atoms with van der Waals surface area (Å²) in [6.45, 7) is 3.70. The van der Waals surface area contributed by atoms with E-state index in [-0.39, 0.29) is 17.8 Å². The van der Waals surface area contributed by atoms with Gasteiger partial charge in [-0.25, -0.2) is 13.1 Å². The third kappa shape index (κ3) is 4.42. The average molecular weight is 416 g/mol. The first-order valence-corrected chi connectivity index (χ1v) is 11.9. The van der Waals surface area contributed by atoms with Gasteiger partial charge in [0.15, 0.2) is 0 Å². The van der Waals surface area contributed by atoms with E-state index in [1.54, 1.807) is 6.92 Å². The Morgan fingerprint density at radius 3 is 2.59 bits per heavy atom. The van der Waals surface area contributed by atoms with Crippen LogP contribution < -0.4 is 19.7 Å². The van der Waals surface area contributed by atoms with Gasteiger partial charge in [0, 0.05) is 36.3 Å². The summed E-state index contributed by atoms with van der Waals surface area (Å²) in [6, 6.07) is 17.1. The van der Waals surface area contributed by atoms with Gasteiger partial charge in [0.05, 0.1) is 11.8 Å². The topological polar surface area (TPSA) is 70.7 Å². The highest BCUT2D eigenvalue weighted by Crippen LogP contribution is 2.39. The smallest absolute Gasteiger partial charge is 0.211 e. The van der Waals surface area contributed by atoms with E-state index in [4.69, 9.17) is 4.74 Å². The number of nitrogens with zero attached hydrogens (tertiary/aromatic N) is 1. The maximum atomic E-state index is 11.8. The molecule has 156 valence electrons. The van der Waals surface area contributed by atoms with Gasteiger partial charge in [-0.3, -0.25) is 0 Å². The van der Waals surface area contributed by atoms with Gasteiger partial charge in [0.1, 0.15) is 12.4 Å². The molecule has 0 radical (unpaired) electrons. The molecule has 0 amide bonds. The highest BCUT2D eigenvalue weighted by atomic mass is 32.2. The fourth-order valence-corrected chi connectivity index (χ4v) is 5.00. The van der Waals surface area contributed by atoms with E-state index in [1.165, 1.54) is 11.1 Å². The van der Waals surface area contributed by atoms with Crippen molar-refractivity contribution in [1.82, 2.24) is 10.0 Å². The summed E-state index contributed by atoms with van der Waals surface area (Å²) < 4.78 is 32.3. The van der Waals surface area contributed by atoms with Crippen molar-refractivity contribution in [2.45, 2.75) is 31.3 Å². The molecule has 2 heterocycles. The molecular weight excluding hydrogens is 386 g/mol. The Labute approximate surface area is 173 Å². The summed E-state index contributed by atoms with van der Waals surface area (Å²) in [7, 11) is -1.17. The zero-order chi connectivity index (χ0) is 20.4. The molecular formula is C22H29N3O3S. The summed E-state index contributed by atoms with van der Waals surface area (Å²) >= 11 is 0. The van der Waals surface area contributed by atoms with E-state index in [1.807, 2.05) is 13.1 Å². The van der Waals surface area contributed by atoms with Crippen LogP contribution in [0.4, 0.5) is 5.69 Å². The van der Waals surface area contributed by atoms with Crippen molar-refractivity contribution in [1.29, 1.82) is 0 Å². The van der Waals surface area contributed by atoms with E-state index < -0.39 is 10.0 Å². The molecule has 0 spiro atoms. The number of nitrogens with one attached hydrogen (secondary N) is 2. The van der Waals surface area contributed by atoms with Crippen molar-refractivity contribution >= 4 is 15.7 Å². The quantitative estimate of drug-likeness (QED) is 0.725. The molecule has 0 aromatic heterocycles. The minimum atomic E-state index is -3.16.